The smallest absolute Gasteiger partial charge is 0.269 e. The molecular weight excluding hydrogens is 282 g/mol. The highest BCUT2D eigenvalue weighted by Gasteiger charge is 2.49. The van der Waals surface area contributed by atoms with E-state index in [9.17, 15) is 19.7 Å². The highest BCUT2D eigenvalue weighted by atomic mass is 32.2. The van der Waals surface area contributed by atoms with Crippen molar-refractivity contribution in [3.8, 4) is 0 Å². The van der Waals surface area contributed by atoms with Crippen molar-refractivity contribution in [2.45, 2.75) is 23.3 Å². The van der Waals surface area contributed by atoms with Gasteiger partial charge >= 0.3 is 0 Å². The topological polar surface area (TPSA) is 115 Å². The molecule has 0 atom stereocenters. The molecule has 1 aliphatic rings. The van der Waals surface area contributed by atoms with Crippen LogP contribution in [-0.4, -0.2) is 28.0 Å². The van der Waals surface area contributed by atoms with Crippen LogP contribution in [0.5, 0.6) is 0 Å². The number of amides is 2. The maximum absolute atomic E-state index is 11.7. The van der Waals surface area contributed by atoms with Crippen LogP contribution in [0.3, 0.4) is 0 Å². The Labute approximate surface area is 119 Å². The van der Waals surface area contributed by atoms with Gasteiger partial charge < -0.3 is 11.1 Å². The molecule has 0 aromatic heterocycles. The highest BCUT2D eigenvalue weighted by molar-refractivity contribution is 8.00. The SMILES string of the molecule is NC(=O)C1(NC(=O)CSc2ccc([N+](=O)[O-])cc2)CC1. The summed E-state index contributed by atoms with van der Waals surface area (Å²) in [5.74, 6) is -0.650. The van der Waals surface area contributed by atoms with E-state index in [4.69, 9.17) is 5.73 Å². The zero-order valence-corrected chi connectivity index (χ0v) is 11.3. The summed E-state index contributed by atoms with van der Waals surface area (Å²) in [5.41, 5.74) is 4.36. The first-order valence-electron chi connectivity index (χ1n) is 5.91. The molecule has 0 radical (unpaired) electrons. The van der Waals surface area contributed by atoms with E-state index in [1.54, 1.807) is 12.1 Å². The normalized spacial score (nSPS) is 15.4. The number of carbonyl (C=O) groups is 2. The van der Waals surface area contributed by atoms with Gasteiger partial charge in [0.2, 0.25) is 11.8 Å². The average Bonchev–Trinajstić information content (AvgIpc) is 3.18. The van der Waals surface area contributed by atoms with Crippen molar-refractivity contribution >= 4 is 29.3 Å². The number of hydrogen-bond donors (Lipinski definition) is 2. The van der Waals surface area contributed by atoms with Gasteiger partial charge in [-0.1, -0.05) is 0 Å². The molecule has 106 valence electrons. The Bertz CT molecular complexity index is 554. The Balaban J connectivity index is 1.84. The second-order valence-corrected chi connectivity index (χ2v) is 5.58. The van der Waals surface area contributed by atoms with E-state index in [2.05, 4.69) is 5.32 Å². The predicted molar refractivity (Wildman–Crippen MR) is 73.1 cm³/mol. The minimum Gasteiger partial charge on any atom is -0.368 e. The Morgan fingerprint density at radius 1 is 1.35 bits per heavy atom. The van der Waals surface area contributed by atoms with Gasteiger partial charge in [0.15, 0.2) is 0 Å². The molecule has 0 spiro atoms. The Morgan fingerprint density at radius 3 is 2.40 bits per heavy atom. The van der Waals surface area contributed by atoms with Gasteiger partial charge in [-0.3, -0.25) is 19.7 Å². The van der Waals surface area contributed by atoms with Gasteiger partial charge in [-0.25, -0.2) is 0 Å². The van der Waals surface area contributed by atoms with Crippen LogP contribution in [0.15, 0.2) is 29.2 Å². The second-order valence-electron chi connectivity index (χ2n) is 4.53. The zero-order chi connectivity index (χ0) is 14.8. The molecule has 0 heterocycles. The molecule has 3 N–H and O–H groups in total. The van der Waals surface area contributed by atoms with Crippen molar-refractivity contribution in [1.29, 1.82) is 0 Å². The summed E-state index contributed by atoms with van der Waals surface area (Å²) in [6, 6.07) is 5.92. The van der Waals surface area contributed by atoms with Crippen LogP contribution in [0.2, 0.25) is 0 Å². The molecule has 1 saturated carbocycles. The van der Waals surface area contributed by atoms with Crippen molar-refractivity contribution in [3.05, 3.63) is 34.4 Å². The predicted octanol–water partition coefficient (Wildman–Crippen LogP) is 0.821. The largest absolute Gasteiger partial charge is 0.368 e. The quantitative estimate of drug-likeness (QED) is 0.458. The van der Waals surface area contributed by atoms with Crippen molar-refractivity contribution < 1.29 is 14.5 Å². The molecule has 8 heteroatoms. The fourth-order valence-electron chi connectivity index (χ4n) is 1.67. The molecule has 2 rings (SSSR count). The summed E-state index contributed by atoms with van der Waals surface area (Å²) in [6.07, 6.45) is 1.16. The number of carbonyl (C=O) groups excluding carboxylic acids is 2. The molecule has 2 amide bonds. The van der Waals surface area contributed by atoms with Crippen molar-refractivity contribution in [1.82, 2.24) is 5.32 Å². The fraction of sp³-hybridized carbons (Fsp3) is 0.333. The minimum atomic E-state index is -0.854. The number of rotatable bonds is 6. The number of primary amides is 1. The highest BCUT2D eigenvalue weighted by Crippen LogP contribution is 2.35. The number of hydrogen-bond acceptors (Lipinski definition) is 5. The summed E-state index contributed by atoms with van der Waals surface area (Å²) in [4.78, 5) is 33.6. The van der Waals surface area contributed by atoms with Gasteiger partial charge in [0.05, 0.1) is 10.7 Å². The lowest BCUT2D eigenvalue weighted by Crippen LogP contribution is -2.47. The van der Waals surface area contributed by atoms with Crippen LogP contribution in [0, 0.1) is 10.1 Å². The van der Waals surface area contributed by atoms with E-state index >= 15 is 0 Å². The number of non-ortho nitro benzene ring substituents is 1. The van der Waals surface area contributed by atoms with E-state index in [1.807, 2.05) is 0 Å². The number of nitrogens with one attached hydrogen (secondary N) is 1. The molecule has 0 saturated heterocycles. The first-order chi connectivity index (χ1) is 9.43. The number of thioether (sulfide) groups is 1. The molecule has 1 aromatic carbocycles. The maximum Gasteiger partial charge on any atom is 0.269 e. The van der Waals surface area contributed by atoms with Gasteiger partial charge in [-0.15, -0.1) is 11.8 Å². The summed E-state index contributed by atoms with van der Waals surface area (Å²) in [6.45, 7) is 0. The molecular formula is C12H13N3O4S. The molecule has 1 fully saturated rings. The van der Waals surface area contributed by atoms with E-state index in [0.29, 0.717) is 12.8 Å². The van der Waals surface area contributed by atoms with Crippen molar-refractivity contribution in [2.75, 3.05) is 5.75 Å². The fourth-order valence-corrected chi connectivity index (χ4v) is 2.37. The lowest BCUT2D eigenvalue weighted by Gasteiger charge is -2.12. The van der Waals surface area contributed by atoms with Crippen LogP contribution >= 0.6 is 11.8 Å². The van der Waals surface area contributed by atoms with Crippen LogP contribution in [-0.2, 0) is 9.59 Å². The van der Waals surface area contributed by atoms with Gasteiger partial charge in [-0.05, 0) is 25.0 Å². The lowest BCUT2D eigenvalue weighted by atomic mass is 10.2. The van der Waals surface area contributed by atoms with Gasteiger partial charge in [0, 0.05) is 17.0 Å². The van der Waals surface area contributed by atoms with Crippen LogP contribution in [0.4, 0.5) is 5.69 Å². The molecule has 0 bridgehead atoms. The van der Waals surface area contributed by atoms with E-state index in [-0.39, 0.29) is 17.3 Å². The van der Waals surface area contributed by atoms with Gasteiger partial charge in [0.25, 0.3) is 5.69 Å². The standard InChI is InChI=1S/C12H13N3O4S/c13-11(17)12(5-6-12)14-10(16)7-20-9-3-1-8(2-4-9)15(18)19/h1-4H,5-7H2,(H2,13,17)(H,14,16). The van der Waals surface area contributed by atoms with Crippen LogP contribution in [0.25, 0.3) is 0 Å². The van der Waals surface area contributed by atoms with Gasteiger partial charge in [0.1, 0.15) is 5.54 Å². The molecule has 1 aromatic rings. The molecule has 7 nitrogen and oxygen atoms in total. The number of nitrogens with two attached hydrogens (primary N) is 1. The van der Waals surface area contributed by atoms with Crippen molar-refractivity contribution in [2.24, 2.45) is 5.73 Å². The summed E-state index contributed by atoms with van der Waals surface area (Å²) in [7, 11) is 0. The van der Waals surface area contributed by atoms with Crippen LogP contribution in [0.1, 0.15) is 12.8 Å². The Morgan fingerprint density at radius 2 is 1.95 bits per heavy atom. The summed E-state index contributed by atoms with van der Waals surface area (Å²) in [5, 5.41) is 13.1. The second kappa shape index (κ2) is 5.49. The van der Waals surface area contributed by atoms with Gasteiger partial charge in [-0.2, -0.15) is 0 Å². The van der Waals surface area contributed by atoms with Crippen LogP contribution < -0.4 is 11.1 Å². The monoisotopic (exact) mass is 295 g/mol. The molecule has 20 heavy (non-hydrogen) atoms. The number of nitrogens with zero attached hydrogens (tertiary/aromatic N) is 1. The first-order valence-corrected chi connectivity index (χ1v) is 6.90. The van der Waals surface area contributed by atoms with E-state index < -0.39 is 16.4 Å². The van der Waals surface area contributed by atoms with E-state index in [0.717, 1.165) is 4.90 Å². The maximum atomic E-state index is 11.7. The zero-order valence-electron chi connectivity index (χ0n) is 10.5. The number of nitro groups is 1. The summed E-state index contributed by atoms with van der Waals surface area (Å²) < 4.78 is 0. The first kappa shape index (κ1) is 14.3. The molecule has 0 aliphatic heterocycles. The third-order valence-corrected chi connectivity index (χ3v) is 4.03. The summed E-state index contributed by atoms with van der Waals surface area (Å²) >= 11 is 1.24. The number of benzene rings is 1. The lowest BCUT2D eigenvalue weighted by molar-refractivity contribution is -0.384. The van der Waals surface area contributed by atoms with E-state index in [1.165, 1.54) is 23.9 Å². The Hall–Kier alpha value is -2.09. The van der Waals surface area contributed by atoms with Crippen molar-refractivity contribution in [3.63, 3.8) is 0 Å². The molecule has 0 unspecified atom stereocenters. The molecule has 1 aliphatic carbocycles. The average molecular weight is 295 g/mol. The third-order valence-electron chi connectivity index (χ3n) is 3.02. The third kappa shape index (κ3) is 3.27. The Kier molecular flexibility index (Phi) is 3.93. The minimum absolute atomic E-state index is 0.00413. The number of nitro benzene ring substituents is 1.